The highest BCUT2D eigenvalue weighted by atomic mass is 19.3. The average Bonchev–Trinajstić information content (AvgIpc) is 3.11. The Morgan fingerprint density at radius 1 is 1.50 bits per heavy atom. The lowest BCUT2D eigenvalue weighted by atomic mass is 10.1. The van der Waals surface area contributed by atoms with Crippen LogP contribution in [0.1, 0.15) is 18.9 Å². The third-order valence-electron chi connectivity index (χ3n) is 4.16. The molecule has 5 nitrogen and oxygen atoms in total. The minimum Gasteiger partial charge on any atom is -0.341 e. The van der Waals surface area contributed by atoms with Crippen LogP contribution < -0.4 is 4.90 Å². The van der Waals surface area contributed by atoms with Crippen molar-refractivity contribution in [3.63, 3.8) is 0 Å². The van der Waals surface area contributed by atoms with Gasteiger partial charge in [0.2, 0.25) is 5.95 Å². The van der Waals surface area contributed by atoms with Gasteiger partial charge in [-0.3, -0.25) is 0 Å². The van der Waals surface area contributed by atoms with E-state index in [1.807, 2.05) is 11.9 Å². The van der Waals surface area contributed by atoms with E-state index in [1.165, 1.54) is 12.1 Å². The number of imidazole rings is 1. The molecule has 0 radical (unpaired) electrons. The van der Waals surface area contributed by atoms with E-state index in [-0.39, 0.29) is 11.6 Å². The van der Waals surface area contributed by atoms with Crippen molar-refractivity contribution in [2.45, 2.75) is 25.3 Å². The number of likely N-dealkylation sites (N-methyl/N-ethyl adjacent to an activating group) is 1. The average molecular weight is 305 g/mol. The van der Waals surface area contributed by atoms with Crippen LogP contribution in [-0.4, -0.2) is 41.0 Å². The van der Waals surface area contributed by atoms with Gasteiger partial charge in [-0.1, -0.05) is 6.07 Å². The first-order valence-electron chi connectivity index (χ1n) is 7.14. The van der Waals surface area contributed by atoms with Gasteiger partial charge in [0.15, 0.2) is 6.19 Å². The summed E-state index contributed by atoms with van der Waals surface area (Å²) in [5.74, 6) is -2.24. The molecule has 116 valence electrons. The van der Waals surface area contributed by atoms with Crippen LogP contribution in [0, 0.1) is 11.5 Å². The highest BCUT2D eigenvalue weighted by molar-refractivity contribution is 5.78. The molecule has 0 amide bonds. The van der Waals surface area contributed by atoms with Gasteiger partial charge < -0.3 is 14.8 Å². The van der Waals surface area contributed by atoms with Crippen LogP contribution in [0.2, 0.25) is 0 Å². The zero-order chi connectivity index (χ0) is 15.9. The van der Waals surface area contributed by atoms with Gasteiger partial charge in [-0.05, 0) is 18.6 Å². The normalized spacial score (nSPS) is 18.7. The maximum atomic E-state index is 13.4. The van der Waals surface area contributed by atoms with E-state index in [2.05, 4.69) is 16.2 Å². The minimum absolute atomic E-state index is 0.0330. The number of hydrogen-bond donors (Lipinski definition) is 1. The van der Waals surface area contributed by atoms with Gasteiger partial charge in [0.25, 0.3) is 5.92 Å². The molecular formula is C15H17F2N5. The molecule has 0 aliphatic carbocycles. The topological polar surface area (TPSA) is 59.0 Å². The first-order chi connectivity index (χ1) is 10.4. The number of halogens is 2. The number of likely N-dealkylation sites (tertiary alicyclic amines) is 1. The Morgan fingerprint density at radius 3 is 2.91 bits per heavy atom. The Balaban J connectivity index is 1.87. The van der Waals surface area contributed by atoms with Crippen LogP contribution in [-0.2, 0) is 5.92 Å². The first kappa shape index (κ1) is 14.6. The van der Waals surface area contributed by atoms with Crippen molar-refractivity contribution in [1.82, 2.24) is 14.9 Å². The molecule has 1 aromatic carbocycles. The highest BCUT2D eigenvalue weighted by Gasteiger charge is 2.28. The van der Waals surface area contributed by atoms with Crippen LogP contribution >= 0.6 is 0 Å². The van der Waals surface area contributed by atoms with E-state index in [0.29, 0.717) is 23.5 Å². The van der Waals surface area contributed by atoms with Gasteiger partial charge in [0.05, 0.1) is 17.1 Å². The summed E-state index contributed by atoms with van der Waals surface area (Å²) >= 11 is 0. The standard InChI is InChI=1S/C15H17F2N5/c1-15(16,17)10-3-4-12-13(7-10)20-14(19-12)21(2)11-5-6-22(8-11)9-18/h3-4,7,11H,5-6,8H2,1-2H3,(H,19,20)/t11-/m1/s1. The van der Waals surface area contributed by atoms with Crippen molar-refractivity contribution in [3.05, 3.63) is 23.8 Å². The van der Waals surface area contributed by atoms with Crippen LogP contribution in [0.3, 0.4) is 0 Å². The summed E-state index contributed by atoms with van der Waals surface area (Å²) < 4.78 is 26.8. The van der Waals surface area contributed by atoms with Gasteiger partial charge in [-0.15, -0.1) is 0 Å². The summed E-state index contributed by atoms with van der Waals surface area (Å²) in [5, 5.41) is 8.92. The van der Waals surface area contributed by atoms with Crippen molar-refractivity contribution >= 4 is 17.0 Å². The number of H-pyrrole nitrogens is 1. The lowest BCUT2D eigenvalue weighted by molar-refractivity contribution is 0.0176. The van der Waals surface area contributed by atoms with E-state index in [1.54, 1.807) is 11.0 Å². The second-order valence-electron chi connectivity index (χ2n) is 5.78. The molecule has 1 N–H and O–H groups in total. The molecule has 7 heteroatoms. The number of hydrogen-bond acceptors (Lipinski definition) is 4. The molecule has 0 saturated carbocycles. The number of benzene rings is 1. The number of fused-ring (bicyclic) bond motifs is 1. The molecule has 0 bridgehead atoms. The van der Waals surface area contributed by atoms with Gasteiger partial charge >= 0.3 is 0 Å². The third kappa shape index (κ3) is 2.56. The minimum atomic E-state index is -2.87. The highest BCUT2D eigenvalue weighted by Crippen LogP contribution is 2.30. The Kier molecular flexibility index (Phi) is 3.39. The van der Waals surface area contributed by atoms with E-state index in [9.17, 15) is 8.78 Å². The molecule has 2 aromatic rings. The Hall–Kier alpha value is -2.36. The van der Waals surface area contributed by atoms with E-state index >= 15 is 0 Å². The summed E-state index contributed by atoms with van der Waals surface area (Å²) in [7, 11) is 1.90. The van der Waals surface area contributed by atoms with Crippen molar-refractivity contribution < 1.29 is 8.78 Å². The molecule has 1 saturated heterocycles. The van der Waals surface area contributed by atoms with Gasteiger partial charge in [0.1, 0.15) is 0 Å². The molecule has 3 rings (SSSR count). The molecule has 1 atom stereocenters. The smallest absolute Gasteiger partial charge is 0.270 e. The fourth-order valence-corrected chi connectivity index (χ4v) is 2.76. The molecule has 0 spiro atoms. The molecule has 22 heavy (non-hydrogen) atoms. The predicted molar refractivity (Wildman–Crippen MR) is 79.7 cm³/mol. The van der Waals surface area contributed by atoms with Crippen LogP contribution in [0.4, 0.5) is 14.7 Å². The number of anilines is 1. The van der Waals surface area contributed by atoms with Crippen molar-refractivity contribution in [2.24, 2.45) is 0 Å². The fourth-order valence-electron chi connectivity index (χ4n) is 2.76. The van der Waals surface area contributed by atoms with E-state index in [4.69, 9.17) is 5.26 Å². The number of nitrogens with one attached hydrogen (secondary N) is 1. The van der Waals surface area contributed by atoms with Crippen LogP contribution in [0.15, 0.2) is 18.2 Å². The number of aromatic amines is 1. The van der Waals surface area contributed by atoms with Crippen molar-refractivity contribution in [3.8, 4) is 6.19 Å². The lowest BCUT2D eigenvalue weighted by Crippen LogP contribution is -2.34. The second kappa shape index (κ2) is 5.13. The molecular weight excluding hydrogens is 288 g/mol. The first-order valence-corrected chi connectivity index (χ1v) is 7.14. The summed E-state index contributed by atoms with van der Waals surface area (Å²) in [6, 6.07) is 4.63. The quantitative estimate of drug-likeness (QED) is 0.886. The number of rotatable bonds is 3. The lowest BCUT2D eigenvalue weighted by Gasteiger charge is -2.23. The fraction of sp³-hybridized carbons (Fsp3) is 0.467. The van der Waals surface area contributed by atoms with Gasteiger partial charge in [0, 0.05) is 32.6 Å². The maximum absolute atomic E-state index is 13.4. The zero-order valence-electron chi connectivity index (χ0n) is 12.5. The molecule has 2 heterocycles. The van der Waals surface area contributed by atoms with Crippen LogP contribution in [0.25, 0.3) is 11.0 Å². The summed E-state index contributed by atoms with van der Waals surface area (Å²) in [5.41, 5.74) is 1.22. The van der Waals surface area contributed by atoms with E-state index < -0.39 is 5.92 Å². The summed E-state index contributed by atoms with van der Waals surface area (Å²) in [6.07, 6.45) is 3.02. The Morgan fingerprint density at radius 2 is 2.27 bits per heavy atom. The number of alkyl halides is 2. The zero-order valence-corrected chi connectivity index (χ0v) is 12.5. The maximum Gasteiger partial charge on any atom is 0.270 e. The molecule has 1 aromatic heterocycles. The SMILES string of the molecule is CN(c1nc2ccc(C(C)(F)F)cc2[nH]1)[C@@H]1CCN(C#N)C1. The molecule has 1 fully saturated rings. The largest absolute Gasteiger partial charge is 0.341 e. The van der Waals surface area contributed by atoms with Crippen molar-refractivity contribution in [1.29, 1.82) is 5.26 Å². The Bertz CT molecular complexity index is 728. The number of aromatic nitrogens is 2. The molecule has 1 aliphatic rings. The monoisotopic (exact) mass is 305 g/mol. The van der Waals surface area contributed by atoms with E-state index in [0.717, 1.165) is 19.9 Å². The van der Waals surface area contributed by atoms with Crippen molar-refractivity contribution in [2.75, 3.05) is 25.0 Å². The third-order valence-corrected chi connectivity index (χ3v) is 4.16. The molecule has 1 aliphatic heterocycles. The number of nitrogens with zero attached hydrogens (tertiary/aromatic N) is 4. The van der Waals surface area contributed by atoms with Gasteiger partial charge in [-0.25, -0.2) is 13.8 Å². The predicted octanol–water partition coefficient (Wildman–Crippen LogP) is 2.67. The summed E-state index contributed by atoms with van der Waals surface area (Å²) in [4.78, 5) is 11.2. The summed E-state index contributed by atoms with van der Waals surface area (Å²) in [6.45, 7) is 2.27. The van der Waals surface area contributed by atoms with Gasteiger partial charge in [-0.2, -0.15) is 5.26 Å². The Labute approximate surface area is 127 Å². The van der Waals surface area contributed by atoms with Crippen LogP contribution in [0.5, 0.6) is 0 Å². The molecule has 0 unspecified atom stereocenters. The number of nitriles is 1. The second-order valence-corrected chi connectivity index (χ2v) is 5.78.